The summed E-state index contributed by atoms with van der Waals surface area (Å²) in [6.07, 6.45) is 8.70. The summed E-state index contributed by atoms with van der Waals surface area (Å²) in [6, 6.07) is 29.6. The Hall–Kier alpha value is -4.01. The van der Waals surface area contributed by atoms with Gasteiger partial charge in [0.15, 0.2) is 24.8 Å². The summed E-state index contributed by atoms with van der Waals surface area (Å²) in [4.78, 5) is 0. The van der Waals surface area contributed by atoms with Crippen molar-refractivity contribution in [3.8, 4) is 22.3 Å². The van der Waals surface area contributed by atoms with Crippen molar-refractivity contribution in [2.75, 3.05) is 106 Å². The molecule has 1 aliphatic rings. The summed E-state index contributed by atoms with van der Waals surface area (Å²) < 4.78 is 126. The third-order valence-corrected chi connectivity index (χ3v) is 7.52. The molecular formula is C40H54B2F8N2O8. The highest BCUT2D eigenvalue weighted by atomic mass is 19.5. The molecule has 0 unspecified atom stereocenters. The molecule has 60 heavy (non-hydrogen) atoms. The van der Waals surface area contributed by atoms with Gasteiger partial charge in [0.25, 0.3) is 0 Å². The van der Waals surface area contributed by atoms with E-state index in [0.717, 1.165) is 13.1 Å². The van der Waals surface area contributed by atoms with Crippen molar-refractivity contribution >= 4 is 14.5 Å². The Labute approximate surface area is 346 Å². The number of aromatic nitrogens is 2. The SMILES string of the molecule is C1COCCOCCOCCOCCOCCOCCOCCO1.F[B-](F)(F)F.F[B-](F)(F)F.c1ccc(-c2ccc[n+](CC[n+]3cccc(-c4ccccc4)c3)c2)cc1. The molecule has 0 radical (unpaired) electrons. The first kappa shape index (κ1) is 52.1. The van der Waals surface area contributed by atoms with Gasteiger partial charge in [-0.25, -0.2) is 0 Å². The molecule has 1 fully saturated rings. The van der Waals surface area contributed by atoms with Crippen LogP contribution in [0.5, 0.6) is 0 Å². The average molecular weight is 864 g/mol. The number of aryl methyl sites for hydroxylation is 2. The van der Waals surface area contributed by atoms with E-state index in [2.05, 4.69) is 119 Å². The van der Waals surface area contributed by atoms with Crippen molar-refractivity contribution in [3.63, 3.8) is 0 Å². The Morgan fingerprint density at radius 3 is 0.733 bits per heavy atom. The molecule has 334 valence electrons. The lowest BCUT2D eigenvalue weighted by Crippen LogP contribution is -2.44. The van der Waals surface area contributed by atoms with Gasteiger partial charge in [-0.05, 0) is 23.3 Å². The fraction of sp³-hybridized carbons (Fsp3) is 0.450. The number of benzene rings is 2. The number of ether oxygens (including phenoxy) is 8. The van der Waals surface area contributed by atoms with Crippen molar-refractivity contribution in [2.45, 2.75) is 13.1 Å². The highest BCUT2D eigenvalue weighted by Crippen LogP contribution is 2.17. The van der Waals surface area contributed by atoms with Crippen LogP contribution in [0.25, 0.3) is 22.3 Å². The molecule has 1 saturated heterocycles. The number of hydrogen-bond donors (Lipinski definition) is 0. The van der Waals surface area contributed by atoms with E-state index in [-0.39, 0.29) is 0 Å². The van der Waals surface area contributed by atoms with Crippen LogP contribution in [0, 0.1) is 0 Å². The molecule has 0 N–H and O–H groups in total. The molecule has 4 aromatic rings. The molecule has 2 aromatic heterocycles. The van der Waals surface area contributed by atoms with Crippen LogP contribution < -0.4 is 9.13 Å². The maximum Gasteiger partial charge on any atom is 0.673 e. The summed E-state index contributed by atoms with van der Waals surface area (Å²) >= 11 is 0. The summed E-state index contributed by atoms with van der Waals surface area (Å²) in [7, 11) is -12.0. The Balaban J connectivity index is 0.000000339. The molecule has 0 aliphatic carbocycles. The van der Waals surface area contributed by atoms with Gasteiger partial charge in [-0.2, -0.15) is 9.13 Å². The summed E-state index contributed by atoms with van der Waals surface area (Å²) in [6.45, 7) is 10.8. The minimum Gasteiger partial charge on any atom is -0.418 e. The molecule has 0 saturated carbocycles. The Morgan fingerprint density at radius 1 is 0.317 bits per heavy atom. The van der Waals surface area contributed by atoms with E-state index in [1.54, 1.807) is 0 Å². The molecule has 0 atom stereocenters. The number of halogens is 8. The first-order valence-electron chi connectivity index (χ1n) is 19.3. The second kappa shape index (κ2) is 32.7. The largest absolute Gasteiger partial charge is 0.673 e. The lowest BCUT2D eigenvalue weighted by Gasteiger charge is -2.09. The van der Waals surface area contributed by atoms with Crippen molar-refractivity contribution in [1.29, 1.82) is 0 Å². The van der Waals surface area contributed by atoms with Gasteiger partial charge in [-0.15, -0.1) is 0 Å². The average Bonchev–Trinajstić information content (AvgIpc) is 3.22. The first-order valence-corrected chi connectivity index (χ1v) is 19.3. The zero-order chi connectivity index (χ0) is 43.6. The topological polar surface area (TPSA) is 81.6 Å². The molecule has 3 heterocycles. The molecule has 20 heteroatoms. The number of hydrogen-bond acceptors (Lipinski definition) is 8. The third-order valence-electron chi connectivity index (χ3n) is 7.52. The minimum absolute atomic E-state index is 0.556. The fourth-order valence-electron chi connectivity index (χ4n) is 4.92. The van der Waals surface area contributed by atoms with Crippen LogP contribution in [-0.2, 0) is 51.0 Å². The zero-order valence-electron chi connectivity index (χ0n) is 33.5. The highest BCUT2D eigenvalue weighted by Gasteiger charge is 2.21. The van der Waals surface area contributed by atoms with Crippen LogP contribution in [0.4, 0.5) is 34.5 Å². The van der Waals surface area contributed by atoms with Crippen LogP contribution in [0.2, 0.25) is 0 Å². The van der Waals surface area contributed by atoms with Crippen LogP contribution in [0.15, 0.2) is 110 Å². The minimum atomic E-state index is -6.00. The predicted molar refractivity (Wildman–Crippen MR) is 211 cm³/mol. The van der Waals surface area contributed by atoms with Gasteiger partial charge in [-0.1, -0.05) is 60.7 Å². The molecular weight excluding hydrogens is 810 g/mol. The van der Waals surface area contributed by atoms with Gasteiger partial charge in [0.05, 0.1) is 106 Å². The maximum absolute atomic E-state index is 9.75. The van der Waals surface area contributed by atoms with Gasteiger partial charge in [-0.3, -0.25) is 0 Å². The second-order valence-corrected chi connectivity index (χ2v) is 12.3. The monoisotopic (exact) mass is 864 g/mol. The molecule has 5 rings (SSSR count). The molecule has 0 spiro atoms. The van der Waals surface area contributed by atoms with E-state index in [1.807, 2.05) is 0 Å². The van der Waals surface area contributed by atoms with E-state index >= 15 is 0 Å². The van der Waals surface area contributed by atoms with Gasteiger partial charge in [0.2, 0.25) is 13.1 Å². The van der Waals surface area contributed by atoms with Crippen molar-refractivity contribution in [2.24, 2.45) is 0 Å². The van der Waals surface area contributed by atoms with Crippen LogP contribution in [-0.4, -0.2) is 120 Å². The summed E-state index contributed by atoms with van der Waals surface area (Å²) in [5.74, 6) is 0. The van der Waals surface area contributed by atoms with Gasteiger partial charge in [0.1, 0.15) is 0 Å². The third kappa shape index (κ3) is 31.9. The lowest BCUT2D eigenvalue weighted by molar-refractivity contribution is -0.778. The highest BCUT2D eigenvalue weighted by molar-refractivity contribution is 6.50. The Morgan fingerprint density at radius 2 is 0.517 bits per heavy atom. The van der Waals surface area contributed by atoms with Crippen molar-refractivity contribution in [3.05, 3.63) is 110 Å². The van der Waals surface area contributed by atoms with Gasteiger partial charge >= 0.3 is 14.5 Å². The number of pyridine rings is 2. The molecule has 0 bridgehead atoms. The van der Waals surface area contributed by atoms with E-state index in [9.17, 15) is 34.5 Å². The van der Waals surface area contributed by atoms with Gasteiger partial charge < -0.3 is 72.4 Å². The van der Waals surface area contributed by atoms with E-state index in [1.165, 1.54) is 22.3 Å². The Bertz CT molecular complexity index is 1400. The maximum atomic E-state index is 9.75. The standard InChI is InChI=1S/C24H22N2.C16H32O8.2BF4/c1-3-9-21(10-4-1)23-13-7-15-25(19-23)17-18-26-16-8-14-24(20-26)22-11-5-2-6-12-22;1-2-18-5-6-20-9-10-22-13-14-24-16-15-23-12-11-21-8-7-19-4-3-17-1;2*2-1(3,4)5/h1-16,19-20H,17-18H2;1-16H2;;/q+2;;2*-1. The molecule has 1 aliphatic heterocycles. The summed E-state index contributed by atoms with van der Waals surface area (Å²) in [5, 5.41) is 0. The van der Waals surface area contributed by atoms with Crippen LogP contribution in [0.3, 0.4) is 0 Å². The Kier molecular flexibility index (Phi) is 28.4. The predicted octanol–water partition coefficient (Wildman–Crippen LogP) is 7.03. The zero-order valence-corrected chi connectivity index (χ0v) is 33.5. The fourth-order valence-corrected chi connectivity index (χ4v) is 4.92. The molecule has 10 nitrogen and oxygen atoms in total. The normalized spacial score (nSPS) is 16.2. The van der Waals surface area contributed by atoms with Crippen molar-refractivity contribution in [1.82, 2.24) is 0 Å². The van der Waals surface area contributed by atoms with Crippen LogP contribution in [0.1, 0.15) is 0 Å². The van der Waals surface area contributed by atoms with Crippen LogP contribution >= 0.6 is 0 Å². The van der Waals surface area contributed by atoms with Crippen molar-refractivity contribution < 1.29 is 81.6 Å². The first-order chi connectivity index (χ1) is 28.9. The second-order valence-electron chi connectivity index (χ2n) is 12.3. The molecule has 0 amide bonds. The van der Waals surface area contributed by atoms with E-state index < -0.39 is 14.5 Å². The number of rotatable bonds is 5. The molecule has 2 aromatic carbocycles. The lowest BCUT2D eigenvalue weighted by atomic mass is 10.1. The van der Waals surface area contributed by atoms with Gasteiger partial charge in [0, 0.05) is 23.3 Å². The van der Waals surface area contributed by atoms with E-state index in [4.69, 9.17) is 37.9 Å². The number of nitrogens with zero attached hydrogens (tertiary/aromatic N) is 2. The smallest absolute Gasteiger partial charge is 0.418 e. The summed E-state index contributed by atoms with van der Waals surface area (Å²) in [5.41, 5.74) is 4.99. The quantitative estimate of drug-likeness (QED) is 0.120. The van der Waals surface area contributed by atoms with E-state index in [0.29, 0.717) is 106 Å².